The van der Waals surface area contributed by atoms with Crippen LogP contribution >= 0.6 is 11.3 Å². The molecule has 4 rings (SSSR count). The van der Waals surface area contributed by atoms with Crippen LogP contribution in [-0.4, -0.2) is 59.8 Å². The first-order valence-corrected chi connectivity index (χ1v) is 12.5. The van der Waals surface area contributed by atoms with E-state index >= 15 is 0 Å². The third kappa shape index (κ3) is 5.53. The molecule has 1 aromatic heterocycles. The highest BCUT2D eigenvalue weighted by Crippen LogP contribution is 2.40. The molecule has 0 fully saturated rings. The van der Waals surface area contributed by atoms with Crippen molar-refractivity contribution in [1.29, 1.82) is 0 Å². The van der Waals surface area contributed by atoms with Crippen molar-refractivity contribution in [2.45, 2.75) is 6.92 Å². The Morgan fingerprint density at radius 1 is 0.795 bits per heavy atom. The van der Waals surface area contributed by atoms with Crippen LogP contribution in [0.3, 0.4) is 0 Å². The minimum atomic E-state index is -0.450. The molecule has 0 N–H and O–H groups in total. The van der Waals surface area contributed by atoms with Gasteiger partial charge in [0, 0.05) is 11.1 Å². The van der Waals surface area contributed by atoms with E-state index in [-0.39, 0.29) is 5.56 Å². The van der Waals surface area contributed by atoms with E-state index < -0.39 is 5.91 Å². The Hall–Kier alpha value is -4.51. The number of anilines is 1. The first kappa shape index (κ1) is 27.5. The summed E-state index contributed by atoms with van der Waals surface area (Å²) in [6.45, 7) is 2.00. The number of methoxy groups -OCH3 is 6. The van der Waals surface area contributed by atoms with Crippen molar-refractivity contribution in [3.05, 3.63) is 59.2 Å². The molecule has 3 aromatic carbocycles. The van der Waals surface area contributed by atoms with Crippen LogP contribution in [0.4, 0.5) is 5.13 Å². The first-order chi connectivity index (χ1) is 18.9. The van der Waals surface area contributed by atoms with E-state index in [1.807, 2.05) is 25.1 Å². The average molecular weight is 552 g/mol. The molecule has 0 spiro atoms. The molecule has 204 valence electrons. The molecule has 4 aromatic rings. The monoisotopic (exact) mass is 551 g/mol. The molecule has 0 saturated carbocycles. The molecule has 0 unspecified atom stereocenters. The van der Waals surface area contributed by atoms with Crippen LogP contribution in [0.15, 0.2) is 47.6 Å². The highest BCUT2D eigenvalue weighted by Gasteiger charge is 2.25. The Balaban J connectivity index is 1.84. The predicted molar refractivity (Wildman–Crippen MR) is 151 cm³/mol. The van der Waals surface area contributed by atoms with E-state index in [2.05, 4.69) is 10.1 Å². The molecule has 1 amide bonds. The summed E-state index contributed by atoms with van der Waals surface area (Å²) in [5.41, 5.74) is 2.72. The number of carbonyl (C=O) groups excluding carboxylic acids is 1. The van der Waals surface area contributed by atoms with E-state index in [1.54, 1.807) is 24.3 Å². The van der Waals surface area contributed by atoms with Crippen molar-refractivity contribution in [1.82, 2.24) is 4.98 Å². The maximum absolute atomic E-state index is 14.0. The third-order valence-corrected chi connectivity index (χ3v) is 6.82. The largest absolute Gasteiger partial charge is 0.493 e. The van der Waals surface area contributed by atoms with Crippen LogP contribution < -0.4 is 33.4 Å². The molecular formula is C28H29N3O7S. The number of hydrogen-bond donors (Lipinski definition) is 0. The van der Waals surface area contributed by atoms with Gasteiger partial charge in [-0.2, -0.15) is 10.1 Å². The van der Waals surface area contributed by atoms with Crippen LogP contribution in [0.5, 0.6) is 34.5 Å². The van der Waals surface area contributed by atoms with Crippen LogP contribution in [-0.2, 0) is 0 Å². The lowest BCUT2D eigenvalue weighted by atomic mass is 10.1. The van der Waals surface area contributed by atoms with Crippen molar-refractivity contribution in [3.8, 4) is 34.5 Å². The number of aryl methyl sites for hydroxylation is 1. The quantitative estimate of drug-likeness (QED) is 0.192. The Morgan fingerprint density at radius 2 is 1.33 bits per heavy atom. The summed E-state index contributed by atoms with van der Waals surface area (Å²) in [6.07, 6.45) is 1.53. The molecule has 0 bridgehead atoms. The van der Waals surface area contributed by atoms with Crippen LogP contribution in [0, 0.1) is 6.92 Å². The van der Waals surface area contributed by atoms with E-state index in [0.29, 0.717) is 45.2 Å². The average Bonchev–Trinajstić information content (AvgIpc) is 3.38. The lowest BCUT2D eigenvalue weighted by molar-refractivity contribution is 0.0987. The molecule has 39 heavy (non-hydrogen) atoms. The number of hydrogen-bond acceptors (Lipinski definition) is 10. The fraction of sp³-hybridized carbons (Fsp3) is 0.250. The smallest absolute Gasteiger partial charge is 0.281 e. The molecular weight excluding hydrogens is 522 g/mol. The second-order valence-corrected chi connectivity index (χ2v) is 9.21. The molecule has 0 radical (unpaired) electrons. The Kier molecular flexibility index (Phi) is 8.40. The molecule has 0 aliphatic carbocycles. The topological polar surface area (TPSA) is 101 Å². The molecule has 10 nitrogen and oxygen atoms in total. The standard InChI is InChI=1S/C28H29N3O7S/c1-16-8-9-19-24(10-16)39-28(30-19)31(27(32)18-13-22(35-4)26(38-7)23(14-18)36-5)29-15-17-11-20(33-2)25(37-6)21(12-17)34-3/h8-15H,1-7H3/b29-15+. The van der Waals surface area contributed by atoms with E-state index in [0.717, 1.165) is 15.8 Å². The zero-order valence-electron chi connectivity index (χ0n) is 22.7. The van der Waals surface area contributed by atoms with Crippen LogP contribution in [0.2, 0.25) is 0 Å². The highest BCUT2D eigenvalue weighted by atomic mass is 32.1. The van der Waals surface area contributed by atoms with Crippen molar-refractivity contribution in [2.75, 3.05) is 47.7 Å². The fourth-order valence-electron chi connectivity index (χ4n) is 3.93. The zero-order chi connectivity index (χ0) is 28.1. The summed E-state index contributed by atoms with van der Waals surface area (Å²) in [7, 11) is 9.06. The van der Waals surface area contributed by atoms with Gasteiger partial charge in [0.25, 0.3) is 5.91 Å². The predicted octanol–water partition coefficient (Wildman–Crippen LogP) is 5.34. The van der Waals surface area contributed by atoms with Gasteiger partial charge in [0.05, 0.1) is 59.1 Å². The van der Waals surface area contributed by atoms with Gasteiger partial charge in [0.15, 0.2) is 23.0 Å². The lowest BCUT2D eigenvalue weighted by Crippen LogP contribution is -2.25. The van der Waals surface area contributed by atoms with E-state index in [9.17, 15) is 4.79 Å². The number of thiazole rings is 1. The number of fused-ring (bicyclic) bond motifs is 1. The number of nitrogens with zero attached hydrogens (tertiary/aromatic N) is 3. The van der Waals surface area contributed by atoms with Gasteiger partial charge in [-0.3, -0.25) is 4.79 Å². The van der Waals surface area contributed by atoms with Crippen molar-refractivity contribution in [2.24, 2.45) is 5.10 Å². The summed E-state index contributed by atoms with van der Waals surface area (Å²) in [4.78, 5) is 18.6. The van der Waals surface area contributed by atoms with Gasteiger partial charge >= 0.3 is 0 Å². The van der Waals surface area contributed by atoms with E-state index in [4.69, 9.17) is 28.4 Å². The maximum atomic E-state index is 14.0. The first-order valence-electron chi connectivity index (χ1n) is 11.7. The van der Waals surface area contributed by atoms with Gasteiger partial charge in [-0.15, -0.1) is 0 Å². The number of ether oxygens (including phenoxy) is 6. The van der Waals surface area contributed by atoms with Crippen LogP contribution in [0.25, 0.3) is 10.2 Å². The summed E-state index contributed by atoms with van der Waals surface area (Å²) in [5, 5.41) is 6.19. The van der Waals surface area contributed by atoms with Gasteiger partial charge in [0.2, 0.25) is 16.6 Å². The van der Waals surface area contributed by atoms with Gasteiger partial charge in [-0.25, -0.2) is 4.98 Å². The van der Waals surface area contributed by atoms with Crippen LogP contribution in [0.1, 0.15) is 21.5 Å². The number of amides is 1. The number of benzene rings is 3. The third-order valence-electron chi connectivity index (χ3n) is 5.83. The summed E-state index contributed by atoms with van der Waals surface area (Å²) in [5.74, 6) is 1.96. The number of hydrazone groups is 1. The summed E-state index contributed by atoms with van der Waals surface area (Å²) in [6, 6.07) is 12.5. The Bertz CT molecular complexity index is 1480. The number of carbonyl (C=O) groups is 1. The van der Waals surface area contributed by atoms with E-state index in [1.165, 1.54) is 65.2 Å². The molecule has 0 aliphatic rings. The minimum Gasteiger partial charge on any atom is -0.493 e. The molecule has 11 heteroatoms. The molecule has 0 saturated heterocycles. The zero-order valence-corrected chi connectivity index (χ0v) is 23.5. The Morgan fingerprint density at radius 3 is 1.85 bits per heavy atom. The fourth-order valence-corrected chi connectivity index (χ4v) is 4.95. The Labute approximate surface area is 230 Å². The molecule has 0 aliphatic heterocycles. The second kappa shape index (κ2) is 11.9. The number of rotatable bonds is 10. The maximum Gasteiger partial charge on any atom is 0.281 e. The van der Waals surface area contributed by atoms with Gasteiger partial charge in [-0.1, -0.05) is 17.4 Å². The molecule has 0 atom stereocenters. The number of aromatic nitrogens is 1. The van der Waals surface area contributed by atoms with Crippen molar-refractivity contribution in [3.63, 3.8) is 0 Å². The minimum absolute atomic E-state index is 0.266. The highest BCUT2D eigenvalue weighted by molar-refractivity contribution is 7.22. The summed E-state index contributed by atoms with van der Waals surface area (Å²) >= 11 is 1.35. The van der Waals surface area contributed by atoms with Gasteiger partial charge < -0.3 is 28.4 Å². The molecule has 1 heterocycles. The SMILES string of the molecule is COc1cc(/C=N/N(C(=O)c2cc(OC)c(OC)c(OC)c2)c2nc3ccc(C)cc3s2)cc(OC)c1OC. The second-order valence-electron chi connectivity index (χ2n) is 8.20. The summed E-state index contributed by atoms with van der Waals surface area (Å²) < 4.78 is 33.6. The lowest BCUT2D eigenvalue weighted by Gasteiger charge is -2.17. The van der Waals surface area contributed by atoms with Crippen molar-refractivity contribution < 1.29 is 33.2 Å². The van der Waals surface area contributed by atoms with Crippen molar-refractivity contribution >= 4 is 38.8 Å². The van der Waals surface area contributed by atoms with Gasteiger partial charge in [0.1, 0.15) is 0 Å². The van der Waals surface area contributed by atoms with Gasteiger partial charge in [-0.05, 0) is 48.9 Å². The normalized spacial score (nSPS) is 10.9.